The second-order valence-corrected chi connectivity index (χ2v) is 4.62. The number of nitrogens with zero attached hydrogens (tertiary/aromatic N) is 2. The zero-order valence-electron chi connectivity index (χ0n) is 12.6. The molecule has 0 bridgehead atoms. The van der Waals surface area contributed by atoms with Crippen LogP contribution in [0.25, 0.3) is 0 Å². The van der Waals surface area contributed by atoms with Crippen molar-refractivity contribution < 1.29 is 14.3 Å². The fourth-order valence-electron chi connectivity index (χ4n) is 2.17. The molecule has 0 unspecified atom stereocenters. The van der Waals surface area contributed by atoms with Crippen molar-refractivity contribution in [2.75, 3.05) is 19.5 Å². The smallest absolute Gasteiger partial charge is 0.337 e. The second-order valence-electron chi connectivity index (χ2n) is 4.62. The number of ether oxygens (including phenoxy) is 2. The van der Waals surface area contributed by atoms with E-state index in [2.05, 4.69) is 15.2 Å². The van der Waals surface area contributed by atoms with E-state index in [4.69, 9.17) is 4.74 Å². The van der Waals surface area contributed by atoms with Crippen LogP contribution < -0.4 is 10.1 Å². The molecule has 1 aromatic heterocycles. The van der Waals surface area contributed by atoms with E-state index in [9.17, 15) is 4.79 Å². The molecule has 21 heavy (non-hydrogen) atoms. The number of carbonyl (C=O) groups excluding carboxylic acids is 1. The van der Waals surface area contributed by atoms with Gasteiger partial charge in [0.2, 0.25) is 5.88 Å². The molecule has 1 aromatic carbocycles. The molecular formula is C15H19N3O3. The standard InChI is InChI=1S/C15H19N3O3/c1-10-13(14(20-3)18(2)17-10)9-16-12-7-5-11(6-8-12)15(19)21-4/h5-8,16H,9H2,1-4H3. The molecule has 0 saturated heterocycles. The summed E-state index contributed by atoms with van der Waals surface area (Å²) >= 11 is 0. The zero-order chi connectivity index (χ0) is 15.4. The molecule has 0 spiro atoms. The van der Waals surface area contributed by atoms with E-state index in [1.165, 1.54) is 7.11 Å². The van der Waals surface area contributed by atoms with Crippen LogP contribution in [0, 0.1) is 6.92 Å². The van der Waals surface area contributed by atoms with Gasteiger partial charge in [-0.25, -0.2) is 9.48 Å². The summed E-state index contributed by atoms with van der Waals surface area (Å²) in [5.74, 6) is 0.400. The van der Waals surface area contributed by atoms with E-state index in [1.807, 2.05) is 26.1 Å². The highest BCUT2D eigenvalue weighted by molar-refractivity contribution is 5.89. The molecule has 0 fully saturated rings. The van der Waals surface area contributed by atoms with Gasteiger partial charge in [0.15, 0.2) is 0 Å². The molecule has 2 rings (SSSR count). The number of hydrogen-bond donors (Lipinski definition) is 1. The average molecular weight is 289 g/mol. The lowest BCUT2D eigenvalue weighted by molar-refractivity contribution is 0.0601. The van der Waals surface area contributed by atoms with E-state index in [0.717, 1.165) is 22.8 Å². The number of benzene rings is 1. The number of carbonyl (C=O) groups is 1. The summed E-state index contributed by atoms with van der Waals surface area (Å²) in [6, 6.07) is 7.12. The Morgan fingerprint density at radius 2 is 1.95 bits per heavy atom. The summed E-state index contributed by atoms with van der Waals surface area (Å²) in [4.78, 5) is 11.4. The highest BCUT2D eigenvalue weighted by atomic mass is 16.5. The maximum Gasteiger partial charge on any atom is 0.337 e. The molecule has 6 heteroatoms. The van der Waals surface area contributed by atoms with Crippen LogP contribution in [0.5, 0.6) is 5.88 Å². The van der Waals surface area contributed by atoms with Crippen LogP contribution in [0.4, 0.5) is 5.69 Å². The monoisotopic (exact) mass is 289 g/mol. The van der Waals surface area contributed by atoms with Gasteiger partial charge >= 0.3 is 5.97 Å². The average Bonchev–Trinajstić information content (AvgIpc) is 2.78. The summed E-state index contributed by atoms with van der Waals surface area (Å²) in [5, 5.41) is 7.62. The van der Waals surface area contributed by atoms with Gasteiger partial charge in [-0.2, -0.15) is 5.10 Å². The van der Waals surface area contributed by atoms with Crippen LogP contribution in [0.1, 0.15) is 21.6 Å². The molecule has 0 saturated carbocycles. The van der Waals surface area contributed by atoms with E-state index < -0.39 is 0 Å². The number of aryl methyl sites for hydroxylation is 2. The largest absolute Gasteiger partial charge is 0.481 e. The topological polar surface area (TPSA) is 65.4 Å². The van der Waals surface area contributed by atoms with Gasteiger partial charge in [-0.15, -0.1) is 0 Å². The number of anilines is 1. The molecule has 0 aliphatic rings. The number of hydrogen-bond acceptors (Lipinski definition) is 5. The van der Waals surface area contributed by atoms with Gasteiger partial charge in [0.1, 0.15) is 0 Å². The fourth-order valence-corrected chi connectivity index (χ4v) is 2.17. The maximum absolute atomic E-state index is 11.4. The maximum atomic E-state index is 11.4. The Hall–Kier alpha value is -2.50. The predicted octanol–water partition coefficient (Wildman–Crippen LogP) is 2.14. The third-order valence-electron chi connectivity index (χ3n) is 3.26. The van der Waals surface area contributed by atoms with Crippen LogP contribution in [-0.2, 0) is 18.3 Å². The Labute approximate surface area is 123 Å². The SMILES string of the molecule is COC(=O)c1ccc(NCc2c(C)nn(C)c2OC)cc1. The summed E-state index contributed by atoms with van der Waals surface area (Å²) < 4.78 is 11.7. The first kappa shape index (κ1) is 14.9. The number of esters is 1. The first-order valence-corrected chi connectivity index (χ1v) is 6.55. The molecule has 0 aliphatic carbocycles. The van der Waals surface area contributed by atoms with E-state index in [0.29, 0.717) is 12.1 Å². The van der Waals surface area contributed by atoms with Crippen molar-refractivity contribution in [3.05, 3.63) is 41.1 Å². The van der Waals surface area contributed by atoms with Crippen molar-refractivity contribution in [1.82, 2.24) is 9.78 Å². The number of aromatic nitrogens is 2. The van der Waals surface area contributed by atoms with Crippen LogP contribution >= 0.6 is 0 Å². The van der Waals surface area contributed by atoms with Crippen molar-refractivity contribution in [3.8, 4) is 5.88 Å². The minimum absolute atomic E-state index is 0.341. The lowest BCUT2D eigenvalue weighted by Gasteiger charge is -2.08. The summed E-state index contributed by atoms with van der Waals surface area (Å²) in [5.41, 5.74) is 3.37. The Bertz CT molecular complexity index is 632. The summed E-state index contributed by atoms with van der Waals surface area (Å²) in [6.45, 7) is 2.54. The normalized spacial score (nSPS) is 10.3. The van der Waals surface area contributed by atoms with Gasteiger partial charge in [0.05, 0.1) is 31.0 Å². The van der Waals surface area contributed by atoms with E-state index in [-0.39, 0.29) is 5.97 Å². The van der Waals surface area contributed by atoms with Gasteiger partial charge in [0.25, 0.3) is 0 Å². The second kappa shape index (κ2) is 6.30. The summed E-state index contributed by atoms with van der Waals surface area (Å²) in [6.07, 6.45) is 0. The van der Waals surface area contributed by atoms with Gasteiger partial charge < -0.3 is 14.8 Å². The Morgan fingerprint density at radius 3 is 2.52 bits per heavy atom. The molecular weight excluding hydrogens is 270 g/mol. The number of methoxy groups -OCH3 is 2. The molecule has 1 N–H and O–H groups in total. The predicted molar refractivity (Wildman–Crippen MR) is 79.6 cm³/mol. The lowest BCUT2D eigenvalue weighted by Crippen LogP contribution is -2.04. The van der Waals surface area contributed by atoms with E-state index in [1.54, 1.807) is 23.9 Å². The van der Waals surface area contributed by atoms with Crippen LogP contribution in [0.15, 0.2) is 24.3 Å². The molecule has 6 nitrogen and oxygen atoms in total. The van der Waals surface area contributed by atoms with E-state index >= 15 is 0 Å². The van der Waals surface area contributed by atoms with Crippen molar-refractivity contribution in [3.63, 3.8) is 0 Å². The van der Waals surface area contributed by atoms with Gasteiger partial charge in [-0.1, -0.05) is 0 Å². The van der Waals surface area contributed by atoms with Crippen LogP contribution in [-0.4, -0.2) is 30.0 Å². The van der Waals surface area contributed by atoms with Gasteiger partial charge in [-0.05, 0) is 31.2 Å². The molecule has 112 valence electrons. The van der Waals surface area contributed by atoms with Crippen LogP contribution in [0.2, 0.25) is 0 Å². The minimum atomic E-state index is -0.341. The molecule has 0 atom stereocenters. The molecule has 0 amide bonds. The minimum Gasteiger partial charge on any atom is -0.481 e. The molecule has 0 aliphatic heterocycles. The van der Waals surface area contributed by atoms with Gasteiger partial charge in [0, 0.05) is 19.3 Å². The van der Waals surface area contributed by atoms with Crippen molar-refractivity contribution in [1.29, 1.82) is 0 Å². The molecule has 0 radical (unpaired) electrons. The highest BCUT2D eigenvalue weighted by Crippen LogP contribution is 2.22. The Morgan fingerprint density at radius 1 is 1.29 bits per heavy atom. The summed E-state index contributed by atoms with van der Waals surface area (Å²) in [7, 11) is 4.84. The van der Waals surface area contributed by atoms with Crippen molar-refractivity contribution in [2.24, 2.45) is 7.05 Å². The number of rotatable bonds is 5. The molecule has 1 heterocycles. The number of nitrogens with one attached hydrogen (secondary N) is 1. The molecule has 2 aromatic rings. The van der Waals surface area contributed by atoms with Crippen molar-refractivity contribution in [2.45, 2.75) is 13.5 Å². The fraction of sp³-hybridized carbons (Fsp3) is 0.333. The first-order valence-electron chi connectivity index (χ1n) is 6.55. The Balaban J connectivity index is 2.08. The highest BCUT2D eigenvalue weighted by Gasteiger charge is 2.13. The van der Waals surface area contributed by atoms with Crippen molar-refractivity contribution >= 4 is 11.7 Å². The Kier molecular flexibility index (Phi) is 4.47. The zero-order valence-corrected chi connectivity index (χ0v) is 12.6. The third kappa shape index (κ3) is 3.16. The third-order valence-corrected chi connectivity index (χ3v) is 3.26. The first-order chi connectivity index (χ1) is 10.1. The quantitative estimate of drug-likeness (QED) is 0.854. The van der Waals surface area contributed by atoms with Crippen LogP contribution in [0.3, 0.4) is 0 Å². The van der Waals surface area contributed by atoms with Gasteiger partial charge in [-0.3, -0.25) is 0 Å². The lowest BCUT2D eigenvalue weighted by atomic mass is 10.2.